The Kier molecular flexibility index (Phi) is 4.42. The summed E-state index contributed by atoms with van der Waals surface area (Å²) >= 11 is 0. The largest absolute Gasteiger partial charge is 0.462 e. The standard InChI is InChI=1S/C19H24N4O2/c1-14-8-9-15(25-14)10-11-18(24)22-13-5-6-16(22)19-21-20-17-7-3-2-4-12-23(17)19/h8-11,16H,2-7,12-13H2,1H3/b11-10+. The molecule has 1 amide bonds. The zero-order chi connectivity index (χ0) is 17.2. The molecule has 4 rings (SSSR count). The second-order valence-electron chi connectivity index (χ2n) is 6.91. The van der Waals surface area contributed by atoms with Gasteiger partial charge in [-0.25, -0.2) is 0 Å². The summed E-state index contributed by atoms with van der Waals surface area (Å²) in [4.78, 5) is 14.6. The molecule has 1 saturated heterocycles. The molecular formula is C19H24N4O2. The van der Waals surface area contributed by atoms with Crippen molar-refractivity contribution >= 4 is 12.0 Å². The Bertz CT molecular complexity index is 789. The highest BCUT2D eigenvalue weighted by molar-refractivity contribution is 5.91. The number of likely N-dealkylation sites (tertiary alicyclic amines) is 1. The maximum atomic E-state index is 12.7. The molecule has 6 heteroatoms. The lowest BCUT2D eigenvalue weighted by atomic mass is 10.2. The summed E-state index contributed by atoms with van der Waals surface area (Å²) in [6.45, 7) is 3.64. The lowest BCUT2D eigenvalue weighted by Gasteiger charge is -2.23. The van der Waals surface area contributed by atoms with Gasteiger partial charge in [-0.2, -0.15) is 0 Å². The normalized spacial score (nSPS) is 20.8. The van der Waals surface area contributed by atoms with Crippen molar-refractivity contribution < 1.29 is 9.21 Å². The quantitative estimate of drug-likeness (QED) is 0.804. The van der Waals surface area contributed by atoms with Crippen LogP contribution in [0.3, 0.4) is 0 Å². The first-order valence-electron chi connectivity index (χ1n) is 9.19. The van der Waals surface area contributed by atoms with E-state index in [4.69, 9.17) is 4.42 Å². The predicted molar refractivity (Wildman–Crippen MR) is 93.7 cm³/mol. The van der Waals surface area contributed by atoms with Crippen LogP contribution < -0.4 is 0 Å². The van der Waals surface area contributed by atoms with Crippen molar-refractivity contribution in [3.63, 3.8) is 0 Å². The maximum Gasteiger partial charge on any atom is 0.247 e. The predicted octanol–water partition coefficient (Wildman–Crippen LogP) is 3.28. The van der Waals surface area contributed by atoms with Gasteiger partial charge in [0.05, 0.1) is 6.04 Å². The molecule has 0 radical (unpaired) electrons. The third kappa shape index (κ3) is 3.25. The monoisotopic (exact) mass is 340 g/mol. The molecule has 132 valence electrons. The number of amides is 1. The molecule has 0 N–H and O–H groups in total. The molecule has 2 aliphatic heterocycles. The molecule has 2 aromatic rings. The number of nitrogens with zero attached hydrogens (tertiary/aromatic N) is 4. The minimum Gasteiger partial charge on any atom is -0.462 e. The smallest absolute Gasteiger partial charge is 0.247 e. The molecule has 25 heavy (non-hydrogen) atoms. The van der Waals surface area contributed by atoms with Gasteiger partial charge < -0.3 is 13.9 Å². The molecule has 1 fully saturated rings. The van der Waals surface area contributed by atoms with Crippen LogP contribution in [0.25, 0.3) is 6.08 Å². The van der Waals surface area contributed by atoms with E-state index in [1.807, 2.05) is 24.0 Å². The van der Waals surface area contributed by atoms with Gasteiger partial charge in [0.2, 0.25) is 5.91 Å². The van der Waals surface area contributed by atoms with Crippen molar-refractivity contribution in [2.75, 3.05) is 6.54 Å². The average molecular weight is 340 g/mol. The molecule has 6 nitrogen and oxygen atoms in total. The van der Waals surface area contributed by atoms with Gasteiger partial charge in [0.15, 0.2) is 5.82 Å². The Labute approximate surface area is 147 Å². The minimum atomic E-state index is 0.0162. The fourth-order valence-corrected chi connectivity index (χ4v) is 3.85. The van der Waals surface area contributed by atoms with E-state index in [0.717, 1.165) is 56.2 Å². The molecule has 0 spiro atoms. The van der Waals surface area contributed by atoms with Crippen molar-refractivity contribution in [2.24, 2.45) is 0 Å². The number of fused-ring (bicyclic) bond motifs is 1. The molecule has 0 saturated carbocycles. The van der Waals surface area contributed by atoms with Crippen LogP contribution in [0.15, 0.2) is 22.6 Å². The minimum absolute atomic E-state index is 0.0162. The molecule has 1 atom stereocenters. The van der Waals surface area contributed by atoms with E-state index in [0.29, 0.717) is 5.76 Å². The SMILES string of the molecule is Cc1ccc(/C=C/C(=O)N2CCCC2c2nnc3n2CCCCC3)o1. The Morgan fingerprint density at radius 1 is 1.20 bits per heavy atom. The first kappa shape index (κ1) is 16.1. The highest BCUT2D eigenvalue weighted by Gasteiger charge is 2.33. The third-order valence-electron chi connectivity index (χ3n) is 5.12. The van der Waals surface area contributed by atoms with Crippen LogP contribution in [-0.2, 0) is 17.8 Å². The van der Waals surface area contributed by atoms with E-state index in [-0.39, 0.29) is 11.9 Å². The summed E-state index contributed by atoms with van der Waals surface area (Å²) in [5.41, 5.74) is 0. The van der Waals surface area contributed by atoms with Crippen LogP contribution in [-0.4, -0.2) is 32.1 Å². The molecule has 4 heterocycles. The molecule has 0 bridgehead atoms. The Morgan fingerprint density at radius 3 is 2.96 bits per heavy atom. The summed E-state index contributed by atoms with van der Waals surface area (Å²) in [5, 5.41) is 8.85. The lowest BCUT2D eigenvalue weighted by Crippen LogP contribution is -2.30. The summed E-state index contributed by atoms with van der Waals surface area (Å²) in [6, 6.07) is 3.81. The average Bonchev–Trinajstić information content (AvgIpc) is 3.29. The first-order chi connectivity index (χ1) is 12.2. The molecule has 1 unspecified atom stereocenters. The van der Waals surface area contributed by atoms with Crippen LogP contribution in [0.4, 0.5) is 0 Å². The lowest BCUT2D eigenvalue weighted by molar-refractivity contribution is -0.127. The van der Waals surface area contributed by atoms with Crippen LogP contribution in [0.5, 0.6) is 0 Å². The Balaban J connectivity index is 1.53. The highest BCUT2D eigenvalue weighted by atomic mass is 16.3. The fourth-order valence-electron chi connectivity index (χ4n) is 3.85. The van der Waals surface area contributed by atoms with E-state index in [1.165, 1.54) is 12.8 Å². The van der Waals surface area contributed by atoms with Crippen LogP contribution in [0.2, 0.25) is 0 Å². The molecule has 0 aliphatic carbocycles. The Morgan fingerprint density at radius 2 is 2.12 bits per heavy atom. The number of aromatic nitrogens is 3. The van der Waals surface area contributed by atoms with Crippen molar-refractivity contribution in [1.82, 2.24) is 19.7 Å². The topological polar surface area (TPSA) is 64.2 Å². The second-order valence-corrected chi connectivity index (χ2v) is 6.91. The molecule has 2 aliphatic rings. The first-order valence-corrected chi connectivity index (χ1v) is 9.19. The highest BCUT2D eigenvalue weighted by Crippen LogP contribution is 2.32. The number of rotatable bonds is 3. The molecular weight excluding hydrogens is 316 g/mol. The second kappa shape index (κ2) is 6.86. The van der Waals surface area contributed by atoms with E-state index < -0.39 is 0 Å². The Hall–Kier alpha value is -2.37. The van der Waals surface area contributed by atoms with E-state index in [2.05, 4.69) is 14.8 Å². The maximum absolute atomic E-state index is 12.7. The summed E-state index contributed by atoms with van der Waals surface area (Å²) < 4.78 is 7.75. The van der Waals surface area contributed by atoms with Crippen molar-refractivity contribution in [3.05, 3.63) is 41.4 Å². The van der Waals surface area contributed by atoms with Crippen molar-refractivity contribution in [3.8, 4) is 0 Å². The number of furan rings is 1. The van der Waals surface area contributed by atoms with Crippen LogP contribution in [0, 0.1) is 6.92 Å². The number of hydrogen-bond acceptors (Lipinski definition) is 4. The van der Waals surface area contributed by atoms with E-state index in [1.54, 1.807) is 12.2 Å². The van der Waals surface area contributed by atoms with Crippen LogP contribution in [0.1, 0.15) is 61.3 Å². The van der Waals surface area contributed by atoms with E-state index >= 15 is 0 Å². The fraction of sp³-hybridized carbons (Fsp3) is 0.526. The van der Waals surface area contributed by atoms with Gasteiger partial charge >= 0.3 is 0 Å². The van der Waals surface area contributed by atoms with Gasteiger partial charge in [0.1, 0.15) is 17.3 Å². The van der Waals surface area contributed by atoms with Crippen molar-refractivity contribution in [1.29, 1.82) is 0 Å². The number of carbonyl (C=O) groups excluding carboxylic acids is 1. The number of hydrogen-bond donors (Lipinski definition) is 0. The van der Waals surface area contributed by atoms with Gasteiger partial charge in [-0.1, -0.05) is 6.42 Å². The van der Waals surface area contributed by atoms with Crippen molar-refractivity contribution in [2.45, 2.75) is 58.0 Å². The van der Waals surface area contributed by atoms with Gasteiger partial charge in [-0.05, 0) is 50.8 Å². The number of aryl methyl sites for hydroxylation is 2. The molecule has 2 aromatic heterocycles. The van der Waals surface area contributed by atoms with Gasteiger partial charge in [-0.15, -0.1) is 10.2 Å². The zero-order valence-electron chi connectivity index (χ0n) is 14.6. The van der Waals surface area contributed by atoms with Gasteiger partial charge in [0.25, 0.3) is 0 Å². The van der Waals surface area contributed by atoms with E-state index in [9.17, 15) is 4.79 Å². The summed E-state index contributed by atoms with van der Waals surface area (Å²) in [6.07, 6.45) is 9.88. The summed E-state index contributed by atoms with van der Waals surface area (Å²) in [5.74, 6) is 3.61. The number of carbonyl (C=O) groups is 1. The third-order valence-corrected chi connectivity index (χ3v) is 5.12. The van der Waals surface area contributed by atoms with Gasteiger partial charge in [-0.3, -0.25) is 4.79 Å². The van der Waals surface area contributed by atoms with Crippen LogP contribution >= 0.6 is 0 Å². The van der Waals surface area contributed by atoms with Gasteiger partial charge in [0, 0.05) is 25.6 Å². The molecule has 0 aromatic carbocycles. The zero-order valence-corrected chi connectivity index (χ0v) is 14.6. The summed E-state index contributed by atoms with van der Waals surface area (Å²) in [7, 11) is 0.